The fourth-order valence-electron chi connectivity index (χ4n) is 4.04. The zero-order valence-electron chi connectivity index (χ0n) is 16.6. The number of fused-ring (bicyclic) bond motifs is 1. The van der Waals surface area contributed by atoms with Crippen molar-refractivity contribution >= 4 is 21.9 Å². The van der Waals surface area contributed by atoms with Gasteiger partial charge in [-0.3, -0.25) is 14.1 Å². The Morgan fingerprint density at radius 2 is 2.14 bits per heavy atom. The molecular formula is C21H21FN4O3. The second kappa shape index (κ2) is 6.31. The Kier molecular flexibility index (Phi) is 3.95. The molecule has 0 unspecified atom stereocenters. The van der Waals surface area contributed by atoms with Crippen molar-refractivity contribution in [2.24, 2.45) is 7.05 Å². The van der Waals surface area contributed by atoms with E-state index >= 15 is 0 Å². The number of benzene rings is 1. The van der Waals surface area contributed by atoms with Crippen molar-refractivity contribution in [3.63, 3.8) is 0 Å². The molecule has 1 saturated heterocycles. The van der Waals surface area contributed by atoms with E-state index in [9.17, 15) is 9.18 Å². The Morgan fingerprint density at radius 1 is 1.34 bits per heavy atom. The standard InChI is InChI=1S/C21H21FN4O3/c1-24(2)7-5-4-6-13-14(22)8-15-17-18-16(9-23-15)25(3)20(27)26(18)21(10-28-11-21)12-29-19(13)17/h8-9H,5,7,10-12H2,1-3H3. The molecule has 1 aromatic carbocycles. The predicted octanol–water partition coefficient (Wildman–Crippen LogP) is 1.45. The van der Waals surface area contributed by atoms with Crippen molar-refractivity contribution in [2.75, 3.05) is 40.5 Å². The topological polar surface area (TPSA) is 61.5 Å². The van der Waals surface area contributed by atoms with Gasteiger partial charge in [-0.1, -0.05) is 11.8 Å². The lowest BCUT2D eigenvalue weighted by Crippen LogP contribution is -2.58. The lowest BCUT2D eigenvalue weighted by Gasteiger charge is -2.40. The van der Waals surface area contributed by atoms with E-state index in [1.165, 1.54) is 6.07 Å². The Bertz CT molecular complexity index is 1270. The van der Waals surface area contributed by atoms with Crippen molar-refractivity contribution in [3.8, 4) is 17.6 Å². The van der Waals surface area contributed by atoms with Gasteiger partial charge in [-0.05, 0) is 14.1 Å². The second-order valence-electron chi connectivity index (χ2n) is 7.99. The monoisotopic (exact) mass is 396 g/mol. The van der Waals surface area contributed by atoms with Crippen molar-refractivity contribution in [2.45, 2.75) is 12.0 Å². The molecule has 1 spiro atoms. The maximum Gasteiger partial charge on any atom is 0.329 e. The number of imidazole rings is 1. The summed E-state index contributed by atoms with van der Waals surface area (Å²) in [6.45, 7) is 1.74. The van der Waals surface area contributed by atoms with Gasteiger partial charge in [0.25, 0.3) is 0 Å². The average molecular weight is 396 g/mol. The molecule has 0 amide bonds. The highest BCUT2D eigenvalue weighted by Crippen LogP contribution is 2.42. The highest BCUT2D eigenvalue weighted by Gasteiger charge is 2.46. The Balaban J connectivity index is 1.82. The fourth-order valence-corrected chi connectivity index (χ4v) is 4.04. The molecule has 3 aromatic rings. The van der Waals surface area contributed by atoms with Gasteiger partial charge in [-0.15, -0.1) is 0 Å². The van der Waals surface area contributed by atoms with E-state index in [-0.39, 0.29) is 17.9 Å². The zero-order chi connectivity index (χ0) is 20.3. The van der Waals surface area contributed by atoms with E-state index in [1.54, 1.807) is 22.4 Å². The van der Waals surface area contributed by atoms with E-state index < -0.39 is 11.4 Å². The molecular weight excluding hydrogens is 375 g/mol. The summed E-state index contributed by atoms with van der Waals surface area (Å²) in [6.07, 6.45) is 2.22. The van der Waals surface area contributed by atoms with Gasteiger partial charge in [0, 0.05) is 26.1 Å². The maximum atomic E-state index is 14.9. The third-order valence-electron chi connectivity index (χ3n) is 5.68. The first-order valence-corrected chi connectivity index (χ1v) is 9.50. The summed E-state index contributed by atoms with van der Waals surface area (Å²) < 4.78 is 29.8. The Labute approximate surface area is 166 Å². The SMILES string of the molecule is CN(C)CCC#Cc1c(F)cc2ncc3c4c2c1OCC1(COC1)n4c(=O)n3C. The largest absolute Gasteiger partial charge is 0.489 e. The number of rotatable bonds is 2. The number of hydrogen-bond acceptors (Lipinski definition) is 5. The van der Waals surface area contributed by atoms with Crippen LogP contribution in [-0.2, 0) is 17.3 Å². The number of halogens is 1. The van der Waals surface area contributed by atoms with Crippen LogP contribution in [0.15, 0.2) is 17.1 Å². The molecule has 0 aliphatic carbocycles. The number of hydrogen-bond donors (Lipinski definition) is 0. The Hall–Kier alpha value is -2.89. The van der Waals surface area contributed by atoms with E-state index in [4.69, 9.17) is 9.47 Å². The van der Waals surface area contributed by atoms with Crippen LogP contribution in [0.25, 0.3) is 21.9 Å². The molecule has 0 atom stereocenters. The van der Waals surface area contributed by atoms with Crippen LogP contribution >= 0.6 is 0 Å². The summed E-state index contributed by atoms with van der Waals surface area (Å²) in [7, 11) is 5.65. The highest BCUT2D eigenvalue weighted by molar-refractivity contribution is 6.07. The predicted molar refractivity (Wildman–Crippen MR) is 107 cm³/mol. The first-order chi connectivity index (χ1) is 13.9. The molecule has 2 aliphatic heterocycles. The summed E-state index contributed by atoms with van der Waals surface area (Å²) in [4.78, 5) is 19.5. The number of nitrogens with zero attached hydrogens (tertiary/aromatic N) is 4. The lowest BCUT2D eigenvalue weighted by atomic mass is 9.98. The lowest BCUT2D eigenvalue weighted by molar-refractivity contribution is -0.118. The fraction of sp³-hybridized carbons (Fsp3) is 0.429. The summed E-state index contributed by atoms with van der Waals surface area (Å²) in [5, 5.41) is 0.627. The molecule has 8 heteroatoms. The Morgan fingerprint density at radius 3 is 2.83 bits per heavy atom. The third-order valence-corrected chi connectivity index (χ3v) is 5.68. The minimum atomic E-state index is -0.601. The number of pyridine rings is 1. The van der Waals surface area contributed by atoms with Gasteiger partial charge in [-0.2, -0.15) is 0 Å². The van der Waals surface area contributed by atoms with Crippen LogP contribution in [-0.4, -0.2) is 59.5 Å². The minimum absolute atomic E-state index is 0.156. The summed E-state index contributed by atoms with van der Waals surface area (Å²) in [5.41, 5.74) is 1.28. The molecule has 0 saturated carbocycles. The van der Waals surface area contributed by atoms with Gasteiger partial charge in [0.15, 0.2) is 0 Å². The van der Waals surface area contributed by atoms with Crippen LogP contribution in [0.2, 0.25) is 0 Å². The highest BCUT2D eigenvalue weighted by atomic mass is 19.1. The van der Waals surface area contributed by atoms with Gasteiger partial charge in [0.05, 0.1) is 41.3 Å². The molecule has 2 aliphatic rings. The van der Waals surface area contributed by atoms with E-state index in [0.29, 0.717) is 47.3 Å². The van der Waals surface area contributed by atoms with Gasteiger partial charge in [0.1, 0.15) is 29.3 Å². The van der Waals surface area contributed by atoms with E-state index in [1.807, 2.05) is 19.0 Å². The third kappa shape index (κ3) is 2.51. The van der Waals surface area contributed by atoms with E-state index in [0.717, 1.165) is 6.54 Å². The quantitative estimate of drug-likeness (QED) is 0.614. The molecule has 0 bridgehead atoms. The summed E-state index contributed by atoms with van der Waals surface area (Å²) in [6, 6.07) is 1.37. The molecule has 0 radical (unpaired) electrons. The van der Waals surface area contributed by atoms with Gasteiger partial charge in [-0.25, -0.2) is 9.18 Å². The van der Waals surface area contributed by atoms with Crippen molar-refractivity contribution < 1.29 is 13.9 Å². The average Bonchev–Trinajstić information content (AvgIpc) is 2.81. The number of ether oxygens (including phenoxy) is 2. The zero-order valence-corrected chi connectivity index (χ0v) is 16.6. The van der Waals surface area contributed by atoms with Crippen LogP contribution in [0.4, 0.5) is 4.39 Å². The van der Waals surface area contributed by atoms with Gasteiger partial charge < -0.3 is 14.4 Å². The maximum absolute atomic E-state index is 14.9. The smallest absolute Gasteiger partial charge is 0.329 e. The van der Waals surface area contributed by atoms with Crippen LogP contribution in [0.5, 0.6) is 5.75 Å². The van der Waals surface area contributed by atoms with E-state index in [2.05, 4.69) is 16.8 Å². The van der Waals surface area contributed by atoms with Crippen LogP contribution in [0.1, 0.15) is 12.0 Å². The van der Waals surface area contributed by atoms with Crippen LogP contribution < -0.4 is 10.4 Å². The van der Waals surface area contributed by atoms with Gasteiger partial charge >= 0.3 is 5.69 Å². The minimum Gasteiger partial charge on any atom is -0.489 e. The molecule has 29 heavy (non-hydrogen) atoms. The molecule has 4 heterocycles. The normalized spacial score (nSPS) is 16.7. The molecule has 5 rings (SSSR count). The molecule has 1 fully saturated rings. The summed E-state index contributed by atoms with van der Waals surface area (Å²) >= 11 is 0. The first-order valence-electron chi connectivity index (χ1n) is 9.50. The molecule has 150 valence electrons. The van der Waals surface area contributed by atoms with Crippen LogP contribution in [0.3, 0.4) is 0 Å². The molecule has 7 nitrogen and oxygen atoms in total. The van der Waals surface area contributed by atoms with Gasteiger partial charge in [0.2, 0.25) is 0 Å². The van der Waals surface area contributed by atoms with Crippen molar-refractivity contribution in [1.82, 2.24) is 19.0 Å². The number of aryl methyl sites for hydroxylation is 1. The number of aromatic nitrogens is 3. The first kappa shape index (κ1) is 18.2. The summed E-state index contributed by atoms with van der Waals surface area (Å²) in [5.74, 6) is 5.88. The molecule has 0 N–H and O–H groups in total. The van der Waals surface area contributed by atoms with Crippen molar-refractivity contribution in [3.05, 3.63) is 34.1 Å². The van der Waals surface area contributed by atoms with Crippen LogP contribution in [0, 0.1) is 17.7 Å². The van der Waals surface area contributed by atoms with Crippen molar-refractivity contribution in [1.29, 1.82) is 0 Å². The molecule has 2 aromatic heterocycles. The second-order valence-corrected chi connectivity index (χ2v) is 7.99.